The first-order valence-electron chi connectivity index (χ1n) is 6.46. The lowest BCUT2D eigenvalue weighted by atomic mass is 10.2. The van der Waals surface area contributed by atoms with Crippen LogP contribution in [-0.2, 0) is 6.54 Å². The number of para-hydroxylation sites is 3. The van der Waals surface area contributed by atoms with Crippen molar-refractivity contribution in [1.82, 2.24) is 9.55 Å². The van der Waals surface area contributed by atoms with Crippen LogP contribution in [0.4, 0.5) is 0 Å². The Bertz CT molecular complexity index is 928. The Morgan fingerprint density at radius 1 is 1.05 bits per heavy atom. The molecule has 0 saturated heterocycles. The molecule has 0 amide bonds. The monoisotopic (exact) mass is 280 g/mol. The lowest BCUT2D eigenvalue weighted by Crippen LogP contribution is -1.99. The molecule has 4 rings (SSSR count). The zero-order valence-electron chi connectivity index (χ0n) is 10.7. The van der Waals surface area contributed by atoms with Gasteiger partial charge in [0.05, 0.1) is 12.1 Å². The van der Waals surface area contributed by atoms with Crippen molar-refractivity contribution in [3.63, 3.8) is 0 Å². The van der Waals surface area contributed by atoms with Gasteiger partial charge in [-0.25, -0.2) is 0 Å². The average Bonchev–Trinajstić information content (AvgIpc) is 3.00. The van der Waals surface area contributed by atoms with E-state index >= 15 is 0 Å². The van der Waals surface area contributed by atoms with Gasteiger partial charge in [0.25, 0.3) is 4.84 Å². The minimum atomic E-state index is 0.504. The number of fused-ring (bicyclic) bond motifs is 2. The number of nitrogens with one attached hydrogen (secondary N) is 1. The molecule has 4 heteroatoms. The second kappa shape index (κ2) is 4.35. The lowest BCUT2D eigenvalue weighted by Gasteiger charge is -2.00. The van der Waals surface area contributed by atoms with Gasteiger partial charge in [0, 0.05) is 11.2 Å². The number of hydrogen-bond acceptors (Lipinski definition) is 2. The molecule has 4 aromatic rings. The van der Waals surface area contributed by atoms with Crippen LogP contribution in [0, 0.1) is 4.84 Å². The normalized spacial score (nSPS) is 11.4. The maximum Gasteiger partial charge on any atom is 0.269 e. The van der Waals surface area contributed by atoms with Crippen molar-refractivity contribution in [2.75, 3.05) is 0 Å². The van der Waals surface area contributed by atoms with Crippen LogP contribution in [0.2, 0.25) is 0 Å². The zero-order chi connectivity index (χ0) is 13.5. The van der Waals surface area contributed by atoms with E-state index in [2.05, 4.69) is 23.2 Å². The molecule has 2 aromatic carbocycles. The molecule has 0 unspecified atom stereocenters. The van der Waals surface area contributed by atoms with Gasteiger partial charge < -0.3 is 9.40 Å². The summed E-state index contributed by atoms with van der Waals surface area (Å²) in [6, 6.07) is 18.3. The predicted molar refractivity (Wildman–Crippen MR) is 82.4 cm³/mol. The highest BCUT2D eigenvalue weighted by atomic mass is 32.1. The van der Waals surface area contributed by atoms with E-state index in [4.69, 9.17) is 16.6 Å². The zero-order valence-corrected chi connectivity index (χ0v) is 11.5. The number of benzene rings is 2. The summed E-state index contributed by atoms with van der Waals surface area (Å²) in [5, 5.41) is 1.21. The summed E-state index contributed by atoms with van der Waals surface area (Å²) in [7, 11) is 0. The van der Waals surface area contributed by atoms with Crippen molar-refractivity contribution < 1.29 is 4.42 Å². The Labute approximate surface area is 120 Å². The Kier molecular flexibility index (Phi) is 2.50. The molecular weight excluding hydrogens is 268 g/mol. The predicted octanol–water partition coefficient (Wildman–Crippen LogP) is 4.49. The fourth-order valence-electron chi connectivity index (χ4n) is 2.55. The van der Waals surface area contributed by atoms with Crippen molar-refractivity contribution in [1.29, 1.82) is 0 Å². The molecule has 0 saturated carbocycles. The van der Waals surface area contributed by atoms with Crippen LogP contribution in [0.25, 0.3) is 22.0 Å². The Hall–Kier alpha value is -2.33. The van der Waals surface area contributed by atoms with Crippen LogP contribution in [0.15, 0.2) is 59.0 Å². The molecule has 0 aliphatic rings. The number of aromatic nitrogens is 2. The van der Waals surface area contributed by atoms with Crippen molar-refractivity contribution >= 4 is 34.2 Å². The summed E-state index contributed by atoms with van der Waals surface area (Å²) < 4.78 is 7.62. The molecule has 20 heavy (non-hydrogen) atoms. The van der Waals surface area contributed by atoms with Gasteiger partial charge in [-0.1, -0.05) is 30.3 Å². The van der Waals surface area contributed by atoms with Gasteiger partial charge in [0.2, 0.25) is 0 Å². The van der Waals surface area contributed by atoms with E-state index in [0.717, 1.165) is 22.3 Å². The minimum absolute atomic E-state index is 0.504. The molecular formula is C16H12N2OS. The number of rotatable bonds is 2. The second-order valence-electron chi connectivity index (χ2n) is 4.80. The Morgan fingerprint density at radius 3 is 2.75 bits per heavy atom. The van der Waals surface area contributed by atoms with Gasteiger partial charge in [-0.05, 0) is 41.9 Å². The van der Waals surface area contributed by atoms with E-state index < -0.39 is 0 Å². The third-order valence-corrected chi connectivity index (χ3v) is 3.79. The van der Waals surface area contributed by atoms with E-state index in [1.807, 2.05) is 41.0 Å². The van der Waals surface area contributed by atoms with Crippen LogP contribution >= 0.6 is 12.2 Å². The molecule has 1 N–H and O–H groups in total. The molecule has 0 radical (unpaired) electrons. The summed E-state index contributed by atoms with van der Waals surface area (Å²) in [4.78, 5) is 3.92. The number of H-pyrrole nitrogens is 1. The van der Waals surface area contributed by atoms with Gasteiger partial charge in [-0.15, -0.1) is 0 Å². The van der Waals surface area contributed by atoms with Crippen LogP contribution < -0.4 is 0 Å². The first-order chi connectivity index (χ1) is 9.81. The van der Waals surface area contributed by atoms with E-state index in [1.54, 1.807) is 0 Å². The summed E-state index contributed by atoms with van der Waals surface area (Å²) in [6.45, 7) is 0.685. The van der Waals surface area contributed by atoms with E-state index in [-0.39, 0.29) is 0 Å². The molecule has 0 aliphatic carbocycles. The van der Waals surface area contributed by atoms with Crippen LogP contribution in [0.5, 0.6) is 0 Å². The molecule has 3 nitrogen and oxygen atoms in total. The molecule has 0 spiro atoms. The summed E-state index contributed by atoms with van der Waals surface area (Å²) in [6.07, 6.45) is 0. The topological polar surface area (TPSA) is 33.9 Å². The van der Waals surface area contributed by atoms with E-state index in [0.29, 0.717) is 11.4 Å². The molecule has 0 aliphatic heterocycles. The highest BCUT2D eigenvalue weighted by molar-refractivity contribution is 7.71. The highest BCUT2D eigenvalue weighted by Gasteiger charge is 2.08. The largest absolute Gasteiger partial charge is 0.429 e. The summed E-state index contributed by atoms with van der Waals surface area (Å²) >= 11 is 5.32. The van der Waals surface area contributed by atoms with Crippen molar-refractivity contribution in [3.8, 4) is 0 Å². The number of nitrogens with zero attached hydrogens (tertiary/aromatic N) is 1. The fourth-order valence-corrected chi connectivity index (χ4v) is 2.81. The molecule has 2 aromatic heterocycles. The number of oxazole rings is 1. The summed E-state index contributed by atoms with van der Waals surface area (Å²) in [5.41, 5.74) is 4.11. The molecule has 0 atom stereocenters. The van der Waals surface area contributed by atoms with Gasteiger partial charge >= 0.3 is 0 Å². The van der Waals surface area contributed by atoms with Crippen molar-refractivity contribution in [2.24, 2.45) is 0 Å². The van der Waals surface area contributed by atoms with E-state index in [1.165, 1.54) is 5.39 Å². The average molecular weight is 280 g/mol. The lowest BCUT2D eigenvalue weighted by molar-refractivity contribution is 0.547. The number of hydrogen-bond donors (Lipinski definition) is 1. The second-order valence-corrected chi connectivity index (χ2v) is 5.15. The minimum Gasteiger partial charge on any atom is -0.429 e. The number of aromatic amines is 1. The van der Waals surface area contributed by atoms with Gasteiger partial charge in [0.15, 0.2) is 5.58 Å². The van der Waals surface area contributed by atoms with Crippen molar-refractivity contribution in [3.05, 3.63) is 65.1 Å². The molecule has 2 heterocycles. The van der Waals surface area contributed by atoms with Crippen LogP contribution in [0.1, 0.15) is 5.69 Å². The Morgan fingerprint density at radius 2 is 1.85 bits per heavy atom. The maximum atomic E-state index is 5.61. The van der Waals surface area contributed by atoms with Gasteiger partial charge in [0.1, 0.15) is 0 Å². The summed E-state index contributed by atoms with van der Waals surface area (Å²) in [5.74, 6) is 0. The maximum absolute atomic E-state index is 5.61. The quantitative estimate of drug-likeness (QED) is 0.549. The van der Waals surface area contributed by atoms with Gasteiger partial charge in [-0.3, -0.25) is 4.57 Å². The smallest absolute Gasteiger partial charge is 0.269 e. The molecule has 98 valence electrons. The highest BCUT2D eigenvalue weighted by Crippen LogP contribution is 2.20. The van der Waals surface area contributed by atoms with Gasteiger partial charge in [-0.2, -0.15) is 0 Å². The third kappa shape index (κ3) is 1.77. The SMILES string of the molecule is S=c1oc2ccccc2n1Cc1cc2ccccc2[nH]1. The third-order valence-electron chi connectivity index (χ3n) is 3.49. The first-order valence-corrected chi connectivity index (χ1v) is 6.87. The molecule has 0 fully saturated rings. The fraction of sp³-hybridized carbons (Fsp3) is 0.0625. The first kappa shape index (κ1) is 11.5. The standard InChI is InChI=1S/C16H12N2OS/c20-16-18(14-7-3-4-8-15(14)19-16)10-12-9-11-5-1-2-6-13(11)17-12/h1-9,17H,10H2. The van der Waals surface area contributed by atoms with Crippen LogP contribution in [0.3, 0.4) is 0 Å². The van der Waals surface area contributed by atoms with Crippen LogP contribution in [-0.4, -0.2) is 9.55 Å². The van der Waals surface area contributed by atoms with Crippen molar-refractivity contribution in [2.45, 2.75) is 6.54 Å². The molecule has 0 bridgehead atoms. The van der Waals surface area contributed by atoms with E-state index in [9.17, 15) is 0 Å². The Balaban J connectivity index is 1.84.